The van der Waals surface area contributed by atoms with E-state index in [-0.39, 0.29) is 23.7 Å². The van der Waals surface area contributed by atoms with Crippen LogP contribution in [0.2, 0.25) is 0 Å². The van der Waals surface area contributed by atoms with Crippen molar-refractivity contribution in [3.05, 3.63) is 28.2 Å². The van der Waals surface area contributed by atoms with E-state index in [0.29, 0.717) is 0 Å². The van der Waals surface area contributed by atoms with Crippen molar-refractivity contribution < 1.29 is 9.59 Å². The third-order valence-corrected chi connectivity index (χ3v) is 3.77. The van der Waals surface area contributed by atoms with E-state index >= 15 is 0 Å². The third-order valence-electron chi connectivity index (χ3n) is 3.28. The molecule has 3 rings (SSSR count). The lowest BCUT2D eigenvalue weighted by Crippen LogP contribution is -2.33. The van der Waals surface area contributed by atoms with Gasteiger partial charge in [-0.15, -0.1) is 0 Å². The van der Waals surface area contributed by atoms with Gasteiger partial charge in [0, 0.05) is 4.47 Å². The molecule has 0 aromatic heterocycles. The highest BCUT2D eigenvalue weighted by Gasteiger charge is 2.59. The predicted molar refractivity (Wildman–Crippen MR) is 63.0 cm³/mol. The largest absolute Gasteiger partial charge is 0.274 e. The number of piperidine rings is 1. The fraction of sp³-hybridized carbons (Fsp3) is 0.333. The standard InChI is InChI=1S/C12H10BrNO2/c1-6-2-3-7(13)4-10(6)14-11(15)8-5-9(8)12(14)16/h2-4,8-9H,5H2,1H3. The molecular weight excluding hydrogens is 270 g/mol. The van der Waals surface area contributed by atoms with Gasteiger partial charge in [-0.3, -0.25) is 9.59 Å². The molecule has 0 spiro atoms. The van der Waals surface area contributed by atoms with E-state index in [2.05, 4.69) is 15.9 Å². The number of benzene rings is 1. The normalized spacial score (nSPS) is 27.2. The van der Waals surface area contributed by atoms with E-state index in [4.69, 9.17) is 0 Å². The van der Waals surface area contributed by atoms with Crippen molar-refractivity contribution in [3.63, 3.8) is 0 Å². The maximum atomic E-state index is 11.9. The Kier molecular flexibility index (Phi) is 1.98. The smallest absolute Gasteiger partial charge is 0.237 e. The Morgan fingerprint density at radius 2 is 1.88 bits per heavy atom. The van der Waals surface area contributed by atoms with E-state index in [9.17, 15) is 9.59 Å². The molecule has 1 saturated heterocycles. The van der Waals surface area contributed by atoms with Crippen molar-refractivity contribution in [1.82, 2.24) is 0 Å². The number of fused-ring (bicyclic) bond motifs is 1. The van der Waals surface area contributed by atoms with Crippen molar-refractivity contribution in [2.24, 2.45) is 11.8 Å². The molecule has 2 unspecified atom stereocenters. The monoisotopic (exact) mass is 279 g/mol. The van der Waals surface area contributed by atoms with Crippen molar-refractivity contribution >= 4 is 33.4 Å². The van der Waals surface area contributed by atoms with Crippen LogP contribution in [0.4, 0.5) is 5.69 Å². The summed E-state index contributed by atoms with van der Waals surface area (Å²) in [6, 6.07) is 5.64. The van der Waals surface area contributed by atoms with Crippen molar-refractivity contribution in [1.29, 1.82) is 0 Å². The summed E-state index contributed by atoms with van der Waals surface area (Å²) in [6.07, 6.45) is 0.751. The van der Waals surface area contributed by atoms with Crippen LogP contribution in [0, 0.1) is 18.8 Å². The molecule has 1 saturated carbocycles. The Bertz CT molecular complexity index is 492. The molecule has 4 heteroatoms. The molecule has 16 heavy (non-hydrogen) atoms. The van der Waals surface area contributed by atoms with E-state index in [1.165, 1.54) is 4.90 Å². The summed E-state index contributed by atoms with van der Waals surface area (Å²) in [5.74, 6) is -0.135. The fourth-order valence-electron chi connectivity index (χ4n) is 2.24. The highest BCUT2D eigenvalue weighted by atomic mass is 79.9. The first-order valence-corrected chi connectivity index (χ1v) is 6.03. The summed E-state index contributed by atoms with van der Waals surface area (Å²) < 4.78 is 0.884. The highest BCUT2D eigenvalue weighted by Crippen LogP contribution is 2.48. The topological polar surface area (TPSA) is 37.4 Å². The number of rotatable bonds is 1. The zero-order valence-electron chi connectivity index (χ0n) is 8.74. The summed E-state index contributed by atoms with van der Waals surface area (Å²) in [7, 11) is 0. The number of nitrogens with zero attached hydrogens (tertiary/aromatic N) is 1. The van der Waals surface area contributed by atoms with Crippen LogP contribution in [0.5, 0.6) is 0 Å². The minimum Gasteiger partial charge on any atom is -0.274 e. The first-order chi connectivity index (χ1) is 7.59. The SMILES string of the molecule is Cc1ccc(Br)cc1N1C(=O)C2CC2C1=O. The second-order valence-corrected chi connectivity index (χ2v) is 5.31. The Balaban J connectivity index is 2.07. The van der Waals surface area contributed by atoms with Crippen LogP contribution in [0.3, 0.4) is 0 Å². The van der Waals surface area contributed by atoms with Crippen molar-refractivity contribution in [3.8, 4) is 0 Å². The summed E-state index contributed by atoms with van der Waals surface area (Å²) in [5, 5.41) is 0. The Labute approximate surface area is 102 Å². The number of anilines is 1. The lowest BCUT2D eigenvalue weighted by molar-refractivity contribution is -0.123. The summed E-state index contributed by atoms with van der Waals surface area (Å²) in [4.78, 5) is 25.2. The van der Waals surface area contributed by atoms with Crippen molar-refractivity contribution in [2.75, 3.05) is 4.90 Å². The van der Waals surface area contributed by atoms with Gasteiger partial charge in [-0.05, 0) is 31.0 Å². The molecule has 2 aliphatic rings. The molecule has 2 amide bonds. The van der Waals surface area contributed by atoms with E-state index in [1.807, 2.05) is 25.1 Å². The minimum atomic E-state index is -0.0362. The van der Waals surface area contributed by atoms with Gasteiger partial charge in [0.2, 0.25) is 11.8 Å². The zero-order chi connectivity index (χ0) is 11.4. The molecule has 1 aromatic rings. The average molecular weight is 280 g/mol. The van der Waals surface area contributed by atoms with Gasteiger partial charge >= 0.3 is 0 Å². The predicted octanol–water partition coefficient (Wildman–Crippen LogP) is 2.27. The number of aryl methyl sites for hydroxylation is 1. The molecule has 1 aromatic carbocycles. The van der Waals surface area contributed by atoms with Gasteiger partial charge < -0.3 is 0 Å². The third kappa shape index (κ3) is 1.26. The molecule has 0 bridgehead atoms. The van der Waals surface area contributed by atoms with Gasteiger partial charge in [0.1, 0.15) is 0 Å². The lowest BCUT2D eigenvalue weighted by atomic mass is 10.2. The number of halogens is 1. The van der Waals surface area contributed by atoms with Gasteiger partial charge in [-0.25, -0.2) is 4.90 Å². The second-order valence-electron chi connectivity index (χ2n) is 4.39. The number of hydrogen-bond donors (Lipinski definition) is 0. The Morgan fingerprint density at radius 1 is 1.25 bits per heavy atom. The first kappa shape index (κ1) is 10.0. The van der Waals surface area contributed by atoms with Gasteiger partial charge in [0.25, 0.3) is 0 Å². The molecule has 0 radical (unpaired) electrons. The quantitative estimate of drug-likeness (QED) is 0.740. The molecule has 1 aliphatic heterocycles. The molecule has 2 atom stereocenters. The molecular formula is C12H10BrNO2. The molecule has 1 heterocycles. The van der Waals surface area contributed by atoms with Crippen molar-refractivity contribution in [2.45, 2.75) is 13.3 Å². The number of carbonyl (C=O) groups excluding carboxylic acids is 2. The summed E-state index contributed by atoms with van der Waals surface area (Å²) >= 11 is 3.36. The summed E-state index contributed by atoms with van der Waals surface area (Å²) in [5.41, 5.74) is 1.67. The molecule has 0 N–H and O–H groups in total. The van der Waals surface area contributed by atoms with E-state index in [0.717, 1.165) is 22.1 Å². The highest BCUT2D eigenvalue weighted by molar-refractivity contribution is 9.10. The summed E-state index contributed by atoms with van der Waals surface area (Å²) in [6.45, 7) is 1.91. The van der Waals surface area contributed by atoms with Crippen LogP contribution in [-0.4, -0.2) is 11.8 Å². The average Bonchev–Trinajstić information content (AvgIpc) is 2.98. The van der Waals surface area contributed by atoms with Crippen LogP contribution >= 0.6 is 15.9 Å². The zero-order valence-corrected chi connectivity index (χ0v) is 10.3. The fourth-order valence-corrected chi connectivity index (χ4v) is 2.59. The van der Waals surface area contributed by atoms with Crippen LogP contribution in [-0.2, 0) is 9.59 Å². The van der Waals surface area contributed by atoms with Crippen LogP contribution < -0.4 is 4.90 Å². The lowest BCUT2D eigenvalue weighted by Gasteiger charge is -2.18. The van der Waals surface area contributed by atoms with E-state index in [1.54, 1.807) is 0 Å². The first-order valence-electron chi connectivity index (χ1n) is 5.23. The molecule has 82 valence electrons. The number of carbonyl (C=O) groups is 2. The minimum absolute atomic E-state index is 0.0313. The second kappa shape index (κ2) is 3.17. The van der Waals surface area contributed by atoms with Crippen LogP contribution in [0.15, 0.2) is 22.7 Å². The van der Waals surface area contributed by atoms with Gasteiger partial charge in [-0.2, -0.15) is 0 Å². The molecule has 1 aliphatic carbocycles. The molecule has 3 nitrogen and oxygen atoms in total. The van der Waals surface area contributed by atoms with Crippen LogP contribution in [0.25, 0.3) is 0 Å². The maximum absolute atomic E-state index is 11.9. The van der Waals surface area contributed by atoms with Crippen LogP contribution in [0.1, 0.15) is 12.0 Å². The molecule has 2 fully saturated rings. The van der Waals surface area contributed by atoms with Gasteiger partial charge in [0.15, 0.2) is 0 Å². The van der Waals surface area contributed by atoms with Gasteiger partial charge in [0.05, 0.1) is 17.5 Å². The Morgan fingerprint density at radius 3 is 2.50 bits per heavy atom. The number of hydrogen-bond acceptors (Lipinski definition) is 2. The van der Waals surface area contributed by atoms with Gasteiger partial charge in [-0.1, -0.05) is 22.0 Å². The number of imide groups is 1. The maximum Gasteiger partial charge on any atom is 0.237 e. The Hall–Kier alpha value is -1.16. The number of amides is 2. The van der Waals surface area contributed by atoms with E-state index < -0.39 is 0 Å².